The number of nitrogens with zero attached hydrogens (tertiary/aromatic N) is 4. The largest absolute Gasteiger partial charge is 0.350 e. The zero-order valence-corrected chi connectivity index (χ0v) is 13.6. The molecule has 7 heteroatoms. The van der Waals surface area contributed by atoms with Gasteiger partial charge >= 0.3 is 0 Å². The molecule has 1 amide bonds. The second-order valence-corrected chi connectivity index (χ2v) is 6.17. The highest BCUT2D eigenvalue weighted by molar-refractivity contribution is 9.10. The Labute approximate surface area is 126 Å². The SMILES string of the molecule is Cc1nn(C)cc1CNC(=O)C(C)(C)n1cc(Br)cn1. The lowest BCUT2D eigenvalue weighted by atomic mass is 10.0. The molecular weight excluding hydrogens is 322 g/mol. The van der Waals surface area contributed by atoms with E-state index in [1.807, 2.05) is 34.0 Å². The Morgan fingerprint density at radius 1 is 1.45 bits per heavy atom. The highest BCUT2D eigenvalue weighted by atomic mass is 79.9. The molecule has 0 aliphatic rings. The van der Waals surface area contributed by atoms with Crippen molar-refractivity contribution in [3.8, 4) is 0 Å². The molecule has 0 radical (unpaired) electrons. The topological polar surface area (TPSA) is 64.7 Å². The average molecular weight is 340 g/mol. The van der Waals surface area contributed by atoms with Gasteiger partial charge in [0.1, 0.15) is 5.54 Å². The highest BCUT2D eigenvalue weighted by Gasteiger charge is 2.30. The van der Waals surface area contributed by atoms with Gasteiger partial charge < -0.3 is 5.32 Å². The first-order valence-electron chi connectivity index (χ1n) is 6.29. The molecule has 0 saturated carbocycles. The molecule has 0 bridgehead atoms. The van der Waals surface area contributed by atoms with Crippen LogP contribution in [-0.2, 0) is 23.9 Å². The van der Waals surface area contributed by atoms with Crippen molar-refractivity contribution in [1.29, 1.82) is 0 Å². The standard InChI is InChI=1S/C13H18BrN5O/c1-9-10(7-18(4)17-9)5-15-12(20)13(2,3)19-8-11(14)6-16-19/h6-8H,5H2,1-4H3,(H,15,20). The maximum atomic E-state index is 12.4. The van der Waals surface area contributed by atoms with E-state index in [-0.39, 0.29) is 5.91 Å². The van der Waals surface area contributed by atoms with E-state index in [0.717, 1.165) is 15.7 Å². The Balaban J connectivity index is 2.06. The molecular formula is C13H18BrN5O. The van der Waals surface area contributed by atoms with Crippen LogP contribution in [0.3, 0.4) is 0 Å². The number of nitrogens with one attached hydrogen (secondary N) is 1. The summed E-state index contributed by atoms with van der Waals surface area (Å²) in [5, 5.41) is 11.4. The van der Waals surface area contributed by atoms with Crippen LogP contribution in [0.5, 0.6) is 0 Å². The van der Waals surface area contributed by atoms with E-state index in [4.69, 9.17) is 0 Å². The Morgan fingerprint density at radius 2 is 2.15 bits per heavy atom. The van der Waals surface area contributed by atoms with Crippen molar-refractivity contribution in [3.05, 3.63) is 34.3 Å². The molecule has 0 aliphatic carbocycles. The Kier molecular flexibility index (Phi) is 3.99. The number of amides is 1. The fourth-order valence-corrected chi connectivity index (χ4v) is 2.21. The van der Waals surface area contributed by atoms with Gasteiger partial charge in [0.2, 0.25) is 5.91 Å². The van der Waals surface area contributed by atoms with Gasteiger partial charge in [0.25, 0.3) is 0 Å². The lowest BCUT2D eigenvalue weighted by molar-refractivity contribution is -0.129. The smallest absolute Gasteiger partial charge is 0.247 e. The predicted octanol–water partition coefficient (Wildman–Crippen LogP) is 1.74. The van der Waals surface area contributed by atoms with Crippen LogP contribution in [-0.4, -0.2) is 25.5 Å². The molecule has 0 atom stereocenters. The van der Waals surface area contributed by atoms with E-state index in [0.29, 0.717) is 6.54 Å². The van der Waals surface area contributed by atoms with Crippen LogP contribution in [0.15, 0.2) is 23.1 Å². The fraction of sp³-hybridized carbons (Fsp3) is 0.462. The Morgan fingerprint density at radius 3 is 2.65 bits per heavy atom. The summed E-state index contributed by atoms with van der Waals surface area (Å²) < 4.78 is 4.23. The van der Waals surface area contributed by atoms with Crippen LogP contribution < -0.4 is 5.32 Å². The number of hydrogen-bond donors (Lipinski definition) is 1. The molecule has 2 heterocycles. The summed E-state index contributed by atoms with van der Waals surface area (Å²) in [5.74, 6) is -0.0867. The van der Waals surface area contributed by atoms with E-state index in [1.54, 1.807) is 21.8 Å². The van der Waals surface area contributed by atoms with Crippen LogP contribution in [0.1, 0.15) is 25.1 Å². The van der Waals surface area contributed by atoms with Gasteiger partial charge in [-0.25, -0.2) is 0 Å². The molecule has 2 rings (SSSR count). The number of carbonyl (C=O) groups excluding carboxylic acids is 1. The van der Waals surface area contributed by atoms with Crippen molar-refractivity contribution in [1.82, 2.24) is 24.9 Å². The van der Waals surface area contributed by atoms with Gasteiger partial charge in [-0.1, -0.05) is 0 Å². The van der Waals surface area contributed by atoms with Gasteiger partial charge in [0.05, 0.1) is 16.4 Å². The number of aromatic nitrogens is 4. The molecule has 0 unspecified atom stereocenters. The molecule has 0 spiro atoms. The van der Waals surface area contributed by atoms with Gasteiger partial charge in [-0.05, 0) is 36.7 Å². The van der Waals surface area contributed by atoms with Crippen LogP contribution >= 0.6 is 15.9 Å². The first kappa shape index (κ1) is 14.8. The molecule has 0 aromatic carbocycles. The van der Waals surface area contributed by atoms with E-state index in [9.17, 15) is 4.79 Å². The second kappa shape index (κ2) is 5.40. The maximum Gasteiger partial charge on any atom is 0.247 e. The molecule has 1 N–H and O–H groups in total. The van der Waals surface area contributed by atoms with Gasteiger partial charge in [-0.2, -0.15) is 10.2 Å². The summed E-state index contributed by atoms with van der Waals surface area (Å²) in [7, 11) is 1.86. The zero-order chi connectivity index (χ0) is 14.9. The number of halogens is 1. The number of rotatable bonds is 4. The molecule has 6 nitrogen and oxygen atoms in total. The number of hydrogen-bond acceptors (Lipinski definition) is 3. The van der Waals surface area contributed by atoms with E-state index in [1.165, 1.54) is 0 Å². The van der Waals surface area contributed by atoms with Crippen molar-refractivity contribution < 1.29 is 4.79 Å². The zero-order valence-electron chi connectivity index (χ0n) is 12.0. The maximum absolute atomic E-state index is 12.4. The lowest BCUT2D eigenvalue weighted by Gasteiger charge is -2.24. The quantitative estimate of drug-likeness (QED) is 0.922. The molecule has 0 aliphatic heterocycles. The molecule has 2 aromatic rings. The van der Waals surface area contributed by atoms with E-state index >= 15 is 0 Å². The van der Waals surface area contributed by atoms with E-state index < -0.39 is 5.54 Å². The highest BCUT2D eigenvalue weighted by Crippen LogP contribution is 2.18. The second-order valence-electron chi connectivity index (χ2n) is 5.26. The minimum Gasteiger partial charge on any atom is -0.350 e. The lowest BCUT2D eigenvalue weighted by Crippen LogP contribution is -2.44. The molecule has 20 heavy (non-hydrogen) atoms. The van der Waals surface area contributed by atoms with Gasteiger partial charge in [0, 0.05) is 31.5 Å². The molecule has 108 valence electrons. The van der Waals surface area contributed by atoms with Crippen LogP contribution in [0.25, 0.3) is 0 Å². The van der Waals surface area contributed by atoms with Crippen LogP contribution in [0.2, 0.25) is 0 Å². The predicted molar refractivity (Wildman–Crippen MR) is 79.0 cm³/mol. The first-order valence-corrected chi connectivity index (χ1v) is 7.08. The third-order valence-electron chi connectivity index (χ3n) is 3.23. The monoisotopic (exact) mass is 339 g/mol. The van der Waals surface area contributed by atoms with Gasteiger partial charge in [-0.15, -0.1) is 0 Å². The first-order chi connectivity index (χ1) is 9.30. The van der Waals surface area contributed by atoms with Gasteiger partial charge in [0.15, 0.2) is 0 Å². The summed E-state index contributed by atoms with van der Waals surface area (Å²) in [5.41, 5.74) is 1.19. The average Bonchev–Trinajstić information content (AvgIpc) is 2.92. The Hall–Kier alpha value is -1.63. The fourth-order valence-electron chi connectivity index (χ4n) is 1.92. The van der Waals surface area contributed by atoms with Crippen LogP contribution in [0, 0.1) is 6.92 Å². The number of aryl methyl sites for hydroxylation is 2. The van der Waals surface area contributed by atoms with Crippen molar-refractivity contribution >= 4 is 21.8 Å². The minimum atomic E-state index is -0.748. The van der Waals surface area contributed by atoms with Gasteiger partial charge in [-0.3, -0.25) is 14.2 Å². The van der Waals surface area contributed by atoms with Crippen molar-refractivity contribution in [2.45, 2.75) is 32.9 Å². The molecule has 0 fully saturated rings. The van der Waals surface area contributed by atoms with E-state index in [2.05, 4.69) is 31.4 Å². The van der Waals surface area contributed by atoms with Crippen molar-refractivity contribution in [2.75, 3.05) is 0 Å². The minimum absolute atomic E-state index is 0.0867. The van der Waals surface area contributed by atoms with Crippen molar-refractivity contribution in [3.63, 3.8) is 0 Å². The summed E-state index contributed by atoms with van der Waals surface area (Å²) in [6, 6.07) is 0. The normalized spacial score (nSPS) is 11.7. The summed E-state index contributed by atoms with van der Waals surface area (Å²) in [6.45, 7) is 6.05. The third kappa shape index (κ3) is 2.92. The summed E-state index contributed by atoms with van der Waals surface area (Å²) in [6.07, 6.45) is 5.36. The number of carbonyl (C=O) groups is 1. The molecule has 0 saturated heterocycles. The van der Waals surface area contributed by atoms with Crippen LogP contribution in [0.4, 0.5) is 0 Å². The Bertz CT molecular complexity index is 628. The summed E-state index contributed by atoms with van der Waals surface area (Å²) >= 11 is 3.34. The third-order valence-corrected chi connectivity index (χ3v) is 3.64. The molecule has 2 aromatic heterocycles. The summed E-state index contributed by atoms with van der Waals surface area (Å²) in [4.78, 5) is 12.4. The van der Waals surface area contributed by atoms with Crippen molar-refractivity contribution in [2.24, 2.45) is 7.05 Å².